The summed E-state index contributed by atoms with van der Waals surface area (Å²) in [5.41, 5.74) is 6.46. The molecule has 0 fully saturated rings. The molecule has 0 aliphatic heterocycles. The molecule has 3 rings (SSSR count). The van der Waals surface area contributed by atoms with Gasteiger partial charge < -0.3 is 4.74 Å². The fourth-order valence-electron chi connectivity index (χ4n) is 2.02. The van der Waals surface area contributed by atoms with E-state index < -0.39 is 5.82 Å². The van der Waals surface area contributed by atoms with Gasteiger partial charge in [-0.3, -0.25) is 25.6 Å². The molecule has 1 aromatic carbocycles. The summed E-state index contributed by atoms with van der Waals surface area (Å²) in [4.78, 5) is 19.6. The Hall–Kier alpha value is -3.74. The number of carbonyl (C=O) groups is 1. The van der Waals surface area contributed by atoms with Crippen molar-refractivity contribution in [2.45, 2.75) is 0 Å². The summed E-state index contributed by atoms with van der Waals surface area (Å²) in [6.45, 7) is 0. The van der Waals surface area contributed by atoms with E-state index in [1.54, 1.807) is 48.9 Å². The van der Waals surface area contributed by atoms with Crippen molar-refractivity contribution in [2.24, 2.45) is 0 Å². The number of rotatable bonds is 6. The molecule has 0 bridgehead atoms. The maximum atomic E-state index is 14.1. The molecular weight excluding hydrogens is 335 g/mol. The zero-order valence-corrected chi connectivity index (χ0v) is 13.6. The number of hydrogen-bond donors (Lipinski definition) is 2. The molecule has 0 unspecified atom stereocenters. The van der Waals surface area contributed by atoms with Crippen LogP contribution in [0.15, 0.2) is 73.3 Å². The molecule has 1 amide bonds. The van der Waals surface area contributed by atoms with Gasteiger partial charge in [-0.15, -0.1) is 0 Å². The Bertz CT molecular complexity index is 902. The number of hydrazine groups is 1. The SMILES string of the molecule is O=C(/C=C/c1ccc(Oc2cccnc2)c(F)c1)NNc1ccncc1. The third-order valence-corrected chi connectivity index (χ3v) is 3.26. The number of halogens is 1. The van der Waals surface area contributed by atoms with Crippen LogP contribution in [-0.4, -0.2) is 15.9 Å². The summed E-state index contributed by atoms with van der Waals surface area (Å²) < 4.78 is 19.6. The Morgan fingerprint density at radius 2 is 1.92 bits per heavy atom. The lowest BCUT2D eigenvalue weighted by Crippen LogP contribution is -2.27. The molecule has 2 N–H and O–H groups in total. The van der Waals surface area contributed by atoms with E-state index in [0.29, 0.717) is 17.0 Å². The van der Waals surface area contributed by atoms with Crippen molar-refractivity contribution >= 4 is 17.7 Å². The van der Waals surface area contributed by atoms with Gasteiger partial charge in [-0.1, -0.05) is 6.07 Å². The zero-order valence-electron chi connectivity index (χ0n) is 13.6. The maximum Gasteiger partial charge on any atom is 0.262 e. The topological polar surface area (TPSA) is 76.1 Å². The van der Waals surface area contributed by atoms with Crippen molar-refractivity contribution < 1.29 is 13.9 Å². The second-order valence-corrected chi connectivity index (χ2v) is 5.16. The lowest BCUT2D eigenvalue weighted by atomic mass is 10.2. The van der Waals surface area contributed by atoms with Crippen LogP contribution in [0.5, 0.6) is 11.5 Å². The van der Waals surface area contributed by atoms with Gasteiger partial charge in [0, 0.05) is 24.7 Å². The summed E-state index contributed by atoms with van der Waals surface area (Å²) in [5.74, 6) is -0.389. The predicted octanol–water partition coefficient (Wildman–Crippen LogP) is 3.56. The normalized spacial score (nSPS) is 10.5. The van der Waals surface area contributed by atoms with E-state index in [2.05, 4.69) is 20.8 Å². The van der Waals surface area contributed by atoms with E-state index in [-0.39, 0.29) is 11.7 Å². The Balaban J connectivity index is 1.58. The molecule has 0 saturated heterocycles. The molecule has 130 valence electrons. The minimum absolute atomic E-state index is 0.0824. The van der Waals surface area contributed by atoms with E-state index in [4.69, 9.17) is 4.74 Å². The lowest BCUT2D eigenvalue weighted by Gasteiger charge is -2.07. The highest BCUT2D eigenvalue weighted by Gasteiger charge is 2.05. The van der Waals surface area contributed by atoms with Crippen LogP contribution >= 0.6 is 0 Å². The maximum absolute atomic E-state index is 14.1. The summed E-state index contributed by atoms with van der Waals surface area (Å²) in [6.07, 6.45) is 9.09. The quantitative estimate of drug-likeness (QED) is 0.525. The smallest absolute Gasteiger partial charge is 0.262 e. The van der Waals surface area contributed by atoms with Gasteiger partial charge in [0.15, 0.2) is 11.6 Å². The number of amides is 1. The number of anilines is 1. The lowest BCUT2D eigenvalue weighted by molar-refractivity contribution is -0.115. The largest absolute Gasteiger partial charge is 0.453 e. The Labute approximate surface area is 149 Å². The van der Waals surface area contributed by atoms with Crippen molar-refractivity contribution in [3.05, 3.63) is 84.7 Å². The first-order chi connectivity index (χ1) is 12.7. The molecule has 7 heteroatoms. The summed E-state index contributed by atoms with van der Waals surface area (Å²) in [5, 5.41) is 0. The van der Waals surface area contributed by atoms with E-state index >= 15 is 0 Å². The molecule has 0 aliphatic carbocycles. The van der Waals surface area contributed by atoms with Gasteiger partial charge in [0.25, 0.3) is 5.91 Å². The molecule has 0 spiro atoms. The first-order valence-electron chi connectivity index (χ1n) is 7.72. The van der Waals surface area contributed by atoms with Crippen LogP contribution in [0.2, 0.25) is 0 Å². The summed E-state index contributed by atoms with van der Waals surface area (Å²) in [6, 6.07) is 11.2. The van der Waals surface area contributed by atoms with Crippen molar-refractivity contribution in [1.82, 2.24) is 15.4 Å². The van der Waals surface area contributed by atoms with Crippen molar-refractivity contribution in [2.75, 3.05) is 5.43 Å². The van der Waals surface area contributed by atoms with Crippen molar-refractivity contribution in [3.8, 4) is 11.5 Å². The van der Waals surface area contributed by atoms with E-state index in [1.807, 2.05) is 0 Å². The highest BCUT2D eigenvalue weighted by Crippen LogP contribution is 2.24. The Morgan fingerprint density at radius 3 is 2.65 bits per heavy atom. The number of carbonyl (C=O) groups excluding carboxylic acids is 1. The number of aromatic nitrogens is 2. The first kappa shape index (κ1) is 17.1. The monoisotopic (exact) mass is 350 g/mol. The van der Waals surface area contributed by atoms with E-state index in [0.717, 1.165) is 0 Å². The molecule has 3 aromatic rings. The highest BCUT2D eigenvalue weighted by molar-refractivity contribution is 5.92. The van der Waals surface area contributed by atoms with E-state index in [1.165, 1.54) is 30.5 Å². The zero-order chi connectivity index (χ0) is 18.2. The second kappa shape index (κ2) is 8.39. The number of ether oxygens (including phenoxy) is 1. The fraction of sp³-hybridized carbons (Fsp3) is 0. The van der Waals surface area contributed by atoms with Crippen molar-refractivity contribution in [1.29, 1.82) is 0 Å². The standard InChI is InChI=1S/C19H15FN4O2/c20-17-12-14(3-5-18(17)26-16-2-1-9-22-13-16)4-6-19(25)24-23-15-7-10-21-11-8-15/h1-13H,(H,21,23)(H,24,25)/b6-4+. The minimum Gasteiger partial charge on any atom is -0.453 e. The average molecular weight is 350 g/mol. The molecular formula is C19H15FN4O2. The Kier molecular flexibility index (Phi) is 5.51. The molecule has 0 atom stereocenters. The summed E-state index contributed by atoms with van der Waals surface area (Å²) >= 11 is 0. The number of benzene rings is 1. The van der Waals surface area contributed by atoms with Gasteiger partial charge in [0.05, 0.1) is 11.9 Å². The first-order valence-corrected chi connectivity index (χ1v) is 7.72. The molecule has 0 saturated carbocycles. The fourth-order valence-corrected chi connectivity index (χ4v) is 2.02. The number of hydrogen-bond acceptors (Lipinski definition) is 5. The minimum atomic E-state index is -0.536. The van der Waals surface area contributed by atoms with Crippen LogP contribution in [0.1, 0.15) is 5.56 Å². The van der Waals surface area contributed by atoms with E-state index in [9.17, 15) is 9.18 Å². The van der Waals surface area contributed by atoms with Gasteiger partial charge >= 0.3 is 0 Å². The van der Waals surface area contributed by atoms with Crippen LogP contribution in [-0.2, 0) is 4.79 Å². The van der Waals surface area contributed by atoms with Crippen LogP contribution in [0.25, 0.3) is 6.08 Å². The molecule has 0 radical (unpaired) electrons. The highest BCUT2D eigenvalue weighted by atomic mass is 19.1. The van der Waals surface area contributed by atoms with Crippen LogP contribution in [0, 0.1) is 5.82 Å². The van der Waals surface area contributed by atoms with Crippen LogP contribution in [0.4, 0.5) is 10.1 Å². The molecule has 26 heavy (non-hydrogen) atoms. The van der Waals surface area contributed by atoms with Gasteiger partial charge in [-0.05, 0) is 48.0 Å². The molecule has 6 nitrogen and oxygen atoms in total. The number of nitrogens with one attached hydrogen (secondary N) is 2. The average Bonchev–Trinajstić information content (AvgIpc) is 2.68. The number of pyridine rings is 2. The molecule has 2 heterocycles. The molecule has 2 aromatic heterocycles. The van der Waals surface area contributed by atoms with Gasteiger partial charge in [-0.25, -0.2) is 4.39 Å². The van der Waals surface area contributed by atoms with Crippen molar-refractivity contribution in [3.63, 3.8) is 0 Å². The molecule has 0 aliphatic rings. The third kappa shape index (κ3) is 4.88. The summed E-state index contributed by atoms with van der Waals surface area (Å²) in [7, 11) is 0. The van der Waals surface area contributed by atoms with Crippen LogP contribution < -0.4 is 15.6 Å². The Morgan fingerprint density at radius 1 is 1.08 bits per heavy atom. The van der Waals surface area contributed by atoms with Gasteiger partial charge in [-0.2, -0.15) is 0 Å². The van der Waals surface area contributed by atoms with Gasteiger partial charge in [0.1, 0.15) is 5.75 Å². The number of nitrogens with zero attached hydrogens (tertiary/aromatic N) is 2. The van der Waals surface area contributed by atoms with Crippen LogP contribution in [0.3, 0.4) is 0 Å². The third-order valence-electron chi connectivity index (χ3n) is 3.26. The van der Waals surface area contributed by atoms with Gasteiger partial charge in [0.2, 0.25) is 0 Å². The predicted molar refractivity (Wildman–Crippen MR) is 95.7 cm³/mol. The second-order valence-electron chi connectivity index (χ2n) is 5.16.